The molecule has 0 saturated carbocycles. The second kappa shape index (κ2) is 6.71. The van der Waals surface area contributed by atoms with Gasteiger partial charge in [-0.15, -0.1) is 0 Å². The van der Waals surface area contributed by atoms with Gasteiger partial charge in [0.1, 0.15) is 18.3 Å². The Morgan fingerprint density at radius 2 is 2.04 bits per heavy atom. The number of hydrogen-bond donors (Lipinski definition) is 5. The molecule has 0 unspecified atom stereocenters. The van der Waals surface area contributed by atoms with Crippen molar-refractivity contribution in [1.82, 2.24) is 4.90 Å². The van der Waals surface area contributed by atoms with Crippen LogP contribution in [-0.4, -0.2) is 79.8 Å². The zero-order chi connectivity index (χ0) is 18.2. The summed E-state index contributed by atoms with van der Waals surface area (Å²) in [4.78, 5) is 14.2. The van der Waals surface area contributed by atoms with Gasteiger partial charge in [-0.2, -0.15) is 0 Å². The largest absolute Gasteiger partial charge is 0.422 e. The van der Waals surface area contributed by atoms with Crippen molar-refractivity contribution in [2.45, 2.75) is 30.2 Å². The van der Waals surface area contributed by atoms with Crippen LogP contribution in [-0.2, 0) is 14.3 Å². The van der Waals surface area contributed by atoms with E-state index in [1.165, 1.54) is 0 Å². The van der Waals surface area contributed by atoms with Crippen LogP contribution in [0.1, 0.15) is 0 Å². The van der Waals surface area contributed by atoms with E-state index in [2.05, 4.69) is 0 Å². The highest BCUT2D eigenvalue weighted by molar-refractivity contribution is 5.77. The molecular formula is C16H19NO8. The molecule has 25 heavy (non-hydrogen) atoms. The van der Waals surface area contributed by atoms with Crippen LogP contribution in [0.3, 0.4) is 0 Å². The molecule has 1 saturated heterocycles. The van der Waals surface area contributed by atoms with Crippen LogP contribution in [0.2, 0.25) is 0 Å². The van der Waals surface area contributed by atoms with Crippen LogP contribution in [0, 0.1) is 0 Å². The first kappa shape index (κ1) is 17.8. The maximum absolute atomic E-state index is 12.4. The fraction of sp³-hybridized carbons (Fsp3) is 0.438. The summed E-state index contributed by atoms with van der Waals surface area (Å²) in [6.07, 6.45) is 2.90. The number of rotatable bonds is 3. The number of hydrogen-bond acceptors (Lipinski definition) is 9. The lowest BCUT2D eigenvalue weighted by atomic mass is 9.93. The van der Waals surface area contributed by atoms with Crippen molar-refractivity contribution < 1.29 is 39.8 Å². The fourth-order valence-electron chi connectivity index (χ4n) is 2.78. The van der Waals surface area contributed by atoms with Gasteiger partial charge in [0.05, 0.1) is 12.3 Å². The summed E-state index contributed by atoms with van der Waals surface area (Å²) in [6.45, 7) is -0.494. The maximum Gasteiger partial charge on any atom is 0.343 e. The van der Waals surface area contributed by atoms with Crippen molar-refractivity contribution in [1.29, 1.82) is 0 Å². The highest BCUT2D eigenvalue weighted by Gasteiger charge is 2.55. The first-order chi connectivity index (χ1) is 11.9. The van der Waals surface area contributed by atoms with E-state index in [0.717, 1.165) is 0 Å². The number of nitrogens with zero attached hydrogens (tertiary/aromatic N) is 1. The molecule has 0 radical (unpaired) electrons. The van der Waals surface area contributed by atoms with Crippen molar-refractivity contribution in [3.8, 4) is 0 Å². The number of aliphatic hydroxyl groups is 5. The Hall–Kier alpha value is -2.01. The van der Waals surface area contributed by atoms with E-state index in [0.29, 0.717) is 12.2 Å². The lowest BCUT2D eigenvalue weighted by Crippen LogP contribution is -2.67. The Bertz CT molecular complexity index is 669. The molecule has 9 nitrogen and oxygen atoms in total. The standard InChI is InChI=1S/C16H19NO8/c18-8-16(23)14(21)12(20)11(19)13(25-16)15(22)24-10-5-3-7-17-6-2-1-4-9(10)17/h1-6,11-14,18-21,23H,7-8H2/t11-,12-,13-,14+,16+/m0/s1. The van der Waals surface area contributed by atoms with E-state index in [4.69, 9.17) is 9.47 Å². The van der Waals surface area contributed by atoms with Gasteiger partial charge in [-0.25, -0.2) is 4.79 Å². The van der Waals surface area contributed by atoms with Gasteiger partial charge in [-0.3, -0.25) is 0 Å². The first-order valence-corrected chi connectivity index (χ1v) is 7.66. The van der Waals surface area contributed by atoms with E-state index in [1.807, 2.05) is 11.0 Å². The normalized spacial score (nSPS) is 37.2. The third-order valence-corrected chi connectivity index (χ3v) is 4.21. The Kier molecular flexibility index (Phi) is 4.78. The van der Waals surface area contributed by atoms with Crippen LogP contribution in [0.25, 0.3) is 0 Å². The second-order valence-electron chi connectivity index (χ2n) is 5.89. The Balaban J connectivity index is 1.81. The van der Waals surface area contributed by atoms with Gasteiger partial charge in [-0.05, 0) is 18.2 Å². The highest BCUT2D eigenvalue weighted by Crippen LogP contribution is 2.30. The minimum Gasteiger partial charge on any atom is -0.422 e. The van der Waals surface area contributed by atoms with Crippen LogP contribution in [0.4, 0.5) is 0 Å². The zero-order valence-corrected chi connectivity index (χ0v) is 13.1. The Morgan fingerprint density at radius 1 is 1.28 bits per heavy atom. The van der Waals surface area contributed by atoms with E-state index in [9.17, 15) is 30.3 Å². The van der Waals surface area contributed by atoms with Crippen molar-refractivity contribution >= 4 is 5.97 Å². The van der Waals surface area contributed by atoms with E-state index < -0.39 is 42.8 Å². The maximum atomic E-state index is 12.4. The van der Waals surface area contributed by atoms with Crippen LogP contribution < -0.4 is 0 Å². The quantitative estimate of drug-likeness (QED) is 0.360. The number of esters is 1. The molecule has 3 rings (SSSR count). The molecule has 0 aromatic carbocycles. The molecule has 3 aliphatic rings. The Labute approximate surface area is 143 Å². The van der Waals surface area contributed by atoms with Crippen LogP contribution >= 0.6 is 0 Å². The molecule has 0 bridgehead atoms. The predicted molar refractivity (Wildman–Crippen MR) is 82.2 cm³/mol. The topological polar surface area (TPSA) is 140 Å². The number of allylic oxidation sites excluding steroid dienone is 4. The van der Waals surface area contributed by atoms with E-state index in [-0.39, 0.29) is 5.76 Å². The zero-order valence-electron chi connectivity index (χ0n) is 13.1. The summed E-state index contributed by atoms with van der Waals surface area (Å²) >= 11 is 0. The molecule has 1 fully saturated rings. The molecule has 3 heterocycles. The summed E-state index contributed by atoms with van der Waals surface area (Å²) in [6, 6.07) is 0. The smallest absolute Gasteiger partial charge is 0.343 e. The molecule has 3 aliphatic heterocycles. The van der Waals surface area contributed by atoms with Gasteiger partial charge in [0.2, 0.25) is 5.79 Å². The lowest BCUT2D eigenvalue weighted by molar-refractivity contribution is -0.350. The molecule has 5 N–H and O–H groups in total. The molecule has 0 aromatic heterocycles. The third-order valence-electron chi connectivity index (χ3n) is 4.21. The minimum absolute atomic E-state index is 0.195. The third kappa shape index (κ3) is 3.13. The number of ether oxygens (including phenoxy) is 2. The van der Waals surface area contributed by atoms with E-state index >= 15 is 0 Å². The lowest BCUT2D eigenvalue weighted by Gasteiger charge is -2.43. The monoisotopic (exact) mass is 353 g/mol. The number of carbonyl (C=O) groups is 1. The highest BCUT2D eigenvalue weighted by atomic mass is 16.7. The first-order valence-electron chi connectivity index (χ1n) is 7.66. The Morgan fingerprint density at radius 3 is 2.76 bits per heavy atom. The number of carbonyl (C=O) groups excluding carboxylic acids is 1. The van der Waals surface area contributed by atoms with Gasteiger partial charge in [0.15, 0.2) is 11.9 Å². The van der Waals surface area contributed by atoms with Gasteiger partial charge in [0, 0.05) is 12.7 Å². The summed E-state index contributed by atoms with van der Waals surface area (Å²) in [5, 5.41) is 48.7. The van der Waals surface area contributed by atoms with Gasteiger partial charge in [-0.1, -0.05) is 12.2 Å². The molecule has 0 aromatic rings. The number of aliphatic hydroxyl groups excluding tert-OH is 4. The van der Waals surface area contributed by atoms with E-state index in [1.54, 1.807) is 30.5 Å². The van der Waals surface area contributed by atoms with Crippen molar-refractivity contribution in [3.05, 3.63) is 48.0 Å². The van der Waals surface area contributed by atoms with Gasteiger partial charge < -0.3 is 39.9 Å². The summed E-state index contributed by atoms with van der Waals surface area (Å²) in [5.74, 6) is -3.48. The molecule has 5 atom stereocenters. The summed E-state index contributed by atoms with van der Waals surface area (Å²) in [7, 11) is 0. The van der Waals surface area contributed by atoms with Gasteiger partial charge >= 0.3 is 5.97 Å². The molecule has 0 amide bonds. The van der Waals surface area contributed by atoms with Crippen molar-refractivity contribution in [2.75, 3.05) is 13.2 Å². The molecular weight excluding hydrogens is 334 g/mol. The SMILES string of the molecule is O=C(OC1=C2C=CC=CN2CC=C1)[C@H]1O[C@](O)(CO)[C@H](O)[C@@H](O)[C@@H]1O. The summed E-state index contributed by atoms with van der Waals surface area (Å²) in [5.41, 5.74) is 0.613. The predicted octanol–water partition coefficient (Wildman–Crippen LogP) is -2.14. The van der Waals surface area contributed by atoms with Crippen LogP contribution in [0.15, 0.2) is 48.0 Å². The van der Waals surface area contributed by atoms with Crippen molar-refractivity contribution in [3.63, 3.8) is 0 Å². The van der Waals surface area contributed by atoms with Crippen molar-refractivity contribution in [2.24, 2.45) is 0 Å². The average molecular weight is 353 g/mol. The average Bonchev–Trinajstić information content (AvgIpc) is 2.63. The molecule has 0 aliphatic carbocycles. The minimum atomic E-state index is -2.60. The summed E-state index contributed by atoms with van der Waals surface area (Å²) < 4.78 is 10.2. The molecule has 9 heteroatoms. The number of fused-ring (bicyclic) bond motifs is 1. The fourth-order valence-corrected chi connectivity index (χ4v) is 2.78. The second-order valence-corrected chi connectivity index (χ2v) is 5.89. The molecule has 0 spiro atoms. The van der Waals surface area contributed by atoms with Gasteiger partial charge in [0.25, 0.3) is 0 Å². The molecule has 136 valence electrons. The van der Waals surface area contributed by atoms with Crippen LogP contribution in [0.5, 0.6) is 0 Å².